The molecule has 0 radical (unpaired) electrons. The molecule has 0 unspecified atom stereocenters. The van der Waals surface area contributed by atoms with E-state index in [2.05, 4.69) is 15.6 Å². The van der Waals surface area contributed by atoms with Crippen LogP contribution >= 0.6 is 0 Å². The number of amides is 1. The number of nitrogens with one attached hydrogen (secondary N) is 2. The number of nitrogens with two attached hydrogens (primary N) is 1. The molecule has 32 heavy (non-hydrogen) atoms. The highest BCUT2D eigenvalue weighted by molar-refractivity contribution is 5.98. The average molecular weight is 457 g/mol. The minimum absolute atomic E-state index is 0.0250. The summed E-state index contributed by atoms with van der Waals surface area (Å²) in [7, 11) is 0. The normalized spacial score (nSPS) is 16.0. The third-order valence-corrected chi connectivity index (χ3v) is 5.45. The van der Waals surface area contributed by atoms with Crippen LogP contribution in [0.3, 0.4) is 0 Å². The first kappa shape index (κ1) is 24.0. The summed E-state index contributed by atoms with van der Waals surface area (Å²) in [5, 5.41) is 14.2. The van der Waals surface area contributed by atoms with Crippen LogP contribution in [0, 0.1) is 11.8 Å². The molecule has 2 aromatic rings. The number of nitrogens with zero attached hydrogens (tertiary/aromatic N) is 1. The number of carboxylic acid groups (broad SMARTS) is 1. The highest BCUT2D eigenvalue weighted by Crippen LogP contribution is 2.44. The van der Waals surface area contributed by atoms with Crippen LogP contribution < -0.4 is 20.1 Å². The summed E-state index contributed by atoms with van der Waals surface area (Å²) in [6.07, 6.45) is 1.85. The predicted octanol–water partition coefficient (Wildman–Crippen LogP) is 0.202. The van der Waals surface area contributed by atoms with Crippen LogP contribution in [0.25, 0.3) is 5.52 Å². The molecule has 2 fully saturated rings. The quantitative estimate of drug-likeness (QED) is 0.369. The Kier molecular flexibility index (Phi) is 7.73. The van der Waals surface area contributed by atoms with E-state index in [1.807, 2.05) is 35.7 Å². The predicted molar refractivity (Wildman–Crippen MR) is 105 cm³/mol. The Hall–Kier alpha value is -2.66. The average Bonchev–Trinajstić information content (AvgIpc) is 3.67. The lowest BCUT2D eigenvalue weighted by molar-refractivity contribution is -0.687. The van der Waals surface area contributed by atoms with E-state index in [1.165, 1.54) is 25.7 Å². The van der Waals surface area contributed by atoms with Gasteiger partial charge in [0.15, 0.2) is 5.52 Å². The zero-order valence-electron chi connectivity index (χ0n) is 17.8. The molecule has 2 aliphatic carbocycles. The molecule has 2 heterocycles. The van der Waals surface area contributed by atoms with Crippen LogP contribution in [0.4, 0.5) is 19.1 Å². The molecule has 2 saturated carbocycles. The van der Waals surface area contributed by atoms with Gasteiger partial charge >= 0.3 is 12.1 Å². The number of imidazole rings is 1. The Morgan fingerprint density at radius 1 is 1.28 bits per heavy atom. The maximum Gasteiger partial charge on any atom is 0.456 e. The number of fused-ring (bicyclic) bond motifs is 1. The lowest BCUT2D eigenvalue weighted by Crippen LogP contribution is -2.82. The van der Waals surface area contributed by atoms with Gasteiger partial charge in [0.1, 0.15) is 18.7 Å². The van der Waals surface area contributed by atoms with Crippen molar-refractivity contribution in [3.63, 3.8) is 0 Å². The fourth-order valence-electron chi connectivity index (χ4n) is 3.61. The van der Waals surface area contributed by atoms with Gasteiger partial charge in [0.05, 0.1) is 6.61 Å². The summed E-state index contributed by atoms with van der Waals surface area (Å²) in [4.78, 5) is 25.0. The molecular weight excluding hydrogens is 429 g/mol. The number of carbonyl (C=O) groups is 2. The van der Waals surface area contributed by atoms with Gasteiger partial charge < -0.3 is 20.0 Å². The number of hydrogen-bond acceptors (Lipinski definition) is 4. The van der Waals surface area contributed by atoms with Gasteiger partial charge in [0.25, 0.3) is 5.91 Å². The van der Waals surface area contributed by atoms with Crippen molar-refractivity contribution in [1.29, 1.82) is 0 Å². The number of rotatable bonds is 9. The molecule has 4 N–H and O–H groups in total. The van der Waals surface area contributed by atoms with Crippen LogP contribution in [-0.4, -0.2) is 48.8 Å². The van der Waals surface area contributed by atoms with Gasteiger partial charge in [-0.15, -0.1) is 4.40 Å². The minimum atomic E-state index is -5.19. The van der Waals surface area contributed by atoms with Crippen molar-refractivity contribution in [1.82, 2.24) is 10.3 Å². The summed E-state index contributed by atoms with van der Waals surface area (Å²) in [5.74, 6) is -0.649. The van der Waals surface area contributed by atoms with E-state index in [4.69, 9.17) is 14.6 Å². The molecule has 1 amide bonds. The number of H-pyrrole nitrogens is 1. The van der Waals surface area contributed by atoms with Crippen LogP contribution in [0.15, 0.2) is 24.4 Å². The van der Waals surface area contributed by atoms with Crippen molar-refractivity contribution < 1.29 is 42.3 Å². The van der Waals surface area contributed by atoms with Crippen LogP contribution in [-0.2, 0) is 9.53 Å². The number of aliphatic carboxylic acids is 1. The Morgan fingerprint density at radius 2 is 1.91 bits per heavy atom. The second-order valence-corrected chi connectivity index (χ2v) is 7.99. The maximum absolute atomic E-state index is 12.9. The molecule has 2 aliphatic rings. The van der Waals surface area contributed by atoms with Gasteiger partial charge in [-0.05, 0) is 56.6 Å². The molecule has 11 heteroatoms. The number of aromatic nitrogens is 2. The van der Waals surface area contributed by atoms with Crippen molar-refractivity contribution in [2.24, 2.45) is 11.8 Å². The summed E-state index contributed by atoms with van der Waals surface area (Å²) in [6, 6.07) is 6.32. The number of ether oxygens (including phenoxy) is 1. The van der Waals surface area contributed by atoms with E-state index in [1.54, 1.807) is 0 Å². The third-order valence-electron chi connectivity index (χ3n) is 5.45. The fraction of sp³-hybridized carbons (Fsp3) is 0.571. The number of aromatic amines is 1. The highest BCUT2D eigenvalue weighted by Gasteiger charge is 2.43. The van der Waals surface area contributed by atoms with Crippen molar-refractivity contribution in [2.75, 3.05) is 19.8 Å². The summed E-state index contributed by atoms with van der Waals surface area (Å²) >= 11 is 0. The van der Waals surface area contributed by atoms with Gasteiger partial charge in [-0.3, -0.25) is 4.79 Å². The van der Waals surface area contributed by atoms with E-state index in [-0.39, 0.29) is 5.91 Å². The maximum atomic E-state index is 12.9. The van der Waals surface area contributed by atoms with Crippen LogP contribution in [0.2, 0.25) is 0 Å². The van der Waals surface area contributed by atoms with Crippen molar-refractivity contribution in [3.05, 3.63) is 30.1 Å². The standard InChI is InChI=1S/C19H26N4O2.C2HF3O2/c1-2-25-12-10-20-19-22-17(15-5-3-4-11-23(15)19)18(24)21-16(13-6-7-13)14-8-9-14;3-2(4,5)1(6)7/h3-5,11,13-14,16H,2,6-10,12H2,1H3,(H2,20,21,22,24);(H,6,7)/p+1. The first-order chi connectivity index (χ1) is 15.2. The largest absolute Gasteiger partial charge is 0.542 e. The molecule has 8 nitrogen and oxygen atoms in total. The zero-order valence-corrected chi connectivity index (χ0v) is 17.8. The molecule has 0 spiro atoms. The molecule has 0 bridgehead atoms. The van der Waals surface area contributed by atoms with E-state index >= 15 is 0 Å². The SMILES string of the molecule is CCOCC[NH2+]c1[nH]c(C(=O)NC(C2CC2)C2CC2)c2cccc[n+]12.O=C([O-])C(F)(F)F. The molecule has 4 rings (SSSR count). The highest BCUT2D eigenvalue weighted by atomic mass is 19.4. The smallest absolute Gasteiger partial charge is 0.456 e. The van der Waals surface area contributed by atoms with E-state index in [9.17, 15) is 18.0 Å². The first-order valence-electron chi connectivity index (χ1n) is 10.7. The molecule has 0 atom stereocenters. The molecule has 0 saturated heterocycles. The second-order valence-electron chi connectivity index (χ2n) is 7.99. The van der Waals surface area contributed by atoms with Crippen molar-refractivity contribution in [2.45, 2.75) is 44.8 Å². The van der Waals surface area contributed by atoms with E-state index in [0.717, 1.165) is 24.6 Å². The number of pyridine rings is 1. The molecule has 0 aliphatic heterocycles. The summed E-state index contributed by atoms with van der Waals surface area (Å²) < 4.78 is 39.0. The van der Waals surface area contributed by atoms with Crippen LogP contribution in [0.5, 0.6) is 0 Å². The third kappa shape index (κ3) is 6.42. The first-order valence-corrected chi connectivity index (χ1v) is 10.7. The number of alkyl halides is 3. The van der Waals surface area contributed by atoms with Gasteiger partial charge in [-0.2, -0.15) is 18.2 Å². The number of hydrogen-bond donors (Lipinski definition) is 3. The van der Waals surface area contributed by atoms with E-state index < -0.39 is 12.1 Å². The molecular formula is C21H28F3N4O4+. The Labute approximate surface area is 183 Å². The number of halogens is 3. The van der Waals surface area contributed by atoms with Crippen LogP contribution in [0.1, 0.15) is 43.1 Å². The number of quaternary nitrogens is 1. The monoisotopic (exact) mass is 457 g/mol. The van der Waals surface area contributed by atoms with E-state index in [0.29, 0.717) is 30.2 Å². The summed E-state index contributed by atoms with van der Waals surface area (Å²) in [6.45, 7) is 4.23. The Balaban J connectivity index is 0.000000360. The fourth-order valence-corrected chi connectivity index (χ4v) is 3.61. The van der Waals surface area contributed by atoms with Crippen molar-refractivity contribution in [3.8, 4) is 0 Å². The molecule has 176 valence electrons. The lowest BCUT2D eigenvalue weighted by atomic mass is 10.1. The van der Waals surface area contributed by atoms with Gasteiger partial charge in [0.2, 0.25) is 5.69 Å². The zero-order chi connectivity index (χ0) is 23.3. The molecule has 2 aromatic heterocycles. The van der Waals surface area contributed by atoms with Crippen molar-refractivity contribution >= 4 is 23.3 Å². The second kappa shape index (κ2) is 10.3. The summed E-state index contributed by atoms with van der Waals surface area (Å²) in [5.41, 5.74) is 1.59. The topological polar surface area (TPSA) is 115 Å². The van der Waals surface area contributed by atoms with Gasteiger partial charge in [-0.25, -0.2) is 5.32 Å². The van der Waals surface area contributed by atoms with Gasteiger partial charge in [-0.1, -0.05) is 6.07 Å². The minimum Gasteiger partial charge on any atom is -0.542 e. The number of carbonyl (C=O) groups excluding carboxylic acids is 2. The number of carboxylic acids is 1. The Morgan fingerprint density at radius 3 is 2.44 bits per heavy atom. The molecule has 0 aromatic carbocycles. The Bertz CT molecular complexity index is 927. The van der Waals surface area contributed by atoms with Gasteiger partial charge in [0, 0.05) is 12.6 Å². The lowest BCUT2D eigenvalue weighted by Gasteiger charge is -2.16.